The van der Waals surface area contributed by atoms with Gasteiger partial charge in [-0.25, -0.2) is 18.4 Å². The molecule has 0 N–H and O–H groups in total. The first-order chi connectivity index (χ1) is 11.2. The normalized spacial score (nSPS) is 14.6. The topological polar surface area (TPSA) is 101 Å². The summed E-state index contributed by atoms with van der Waals surface area (Å²) in [5.74, 6) is -1.71. The second-order valence-electron chi connectivity index (χ2n) is 5.35. The van der Waals surface area contributed by atoms with Crippen LogP contribution in [0.4, 0.5) is 0 Å². The smallest absolute Gasteiger partial charge is 0.303 e. The fourth-order valence-electron chi connectivity index (χ4n) is 2.43. The average molecular weight is 354 g/mol. The number of benzene rings is 1. The van der Waals surface area contributed by atoms with Crippen molar-refractivity contribution < 1.29 is 27.5 Å². The quantitative estimate of drug-likeness (QED) is 0.718. The summed E-state index contributed by atoms with van der Waals surface area (Å²) < 4.78 is 28.4. The molecule has 1 aliphatic rings. The van der Waals surface area contributed by atoms with E-state index in [1.54, 1.807) is 6.07 Å². The maximum Gasteiger partial charge on any atom is 0.303 e. The molecule has 2 amide bonds. The molecule has 1 fully saturated rings. The number of esters is 1. The lowest BCUT2D eigenvalue weighted by molar-refractivity contribution is -0.155. The predicted molar refractivity (Wildman–Crippen MR) is 83.6 cm³/mol. The molecule has 0 bridgehead atoms. The number of sulfone groups is 1. The molecule has 24 heavy (non-hydrogen) atoms. The van der Waals surface area contributed by atoms with Gasteiger partial charge in [0.25, 0.3) is 11.8 Å². The van der Waals surface area contributed by atoms with Crippen molar-refractivity contribution in [1.29, 1.82) is 0 Å². The SMILES string of the molecule is CC(=O)OCC(=O)N1CCCN1C(=O)c1ccccc1S(C)(=O)=O. The van der Waals surface area contributed by atoms with E-state index in [0.717, 1.165) is 6.26 Å². The number of hydrogen-bond acceptors (Lipinski definition) is 6. The summed E-state index contributed by atoms with van der Waals surface area (Å²) in [5, 5.41) is 2.38. The van der Waals surface area contributed by atoms with Crippen LogP contribution in [0.3, 0.4) is 0 Å². The number of rotatable bonds is 4. The summed E-state index contributed by atoms with van der Waals surface area (Å²) in [6.07, 6.45) is 1.57. The molecule has 0 spiro atoms. The van der Waals surface area contributed by atoms with Gasteiger partial charge in [0.05, 0.1) is 10.5 Å². The van der Waals surface area contributed by atoms with E-state index in [1.165, 1.54) is 35.1 Å². The van der Waals surface area contributed by atoms with Crippen molar-refractivity contribution in [2.24, 2.45) is 0 Å². The summed E-state index contributed by atoms with van der Waals surface area (Å²) in [4.78, 5) is 35.6. The van der Waals surface area contributed by atoms with Crippen LogP contribution in [0.1, 0.15) is 23.7 Å². The molecule has 0 unspecified atom stereocenters. The molecule has 9 heteroatoms. The van der Waals surface area contributed by atoms with Gasteiger partial charge in [-0.05, 0) is 18.6 Å². The monoisotopic (exact) mass is 354 g/mol. The van der Waals surface area contributed by atoms with Gasteiger partial charge in [0.1, 0.15) is 0 Å². The van der Waals surface area contributed by atoms with Gasteiger partial charge in [-0.3, -0.25) is 14.4 Å². The van der Waals surface area contributed by atoms with Gasteiger partial charge in [-0.15, -0.1) is 0 Å². The Morgan fingerprint density at radius 3 is 2.38 bits per heavy atom. The lowest BCUT2D eigenvalue weighted by atomic mass is 10.2. The van der Waals surface area contributed by atoms with Crippen LogP contribution in [0.5, 0.6) is 0 Å². The highest BCUT2D eigenvalue weighted by molar-refractivity contribution is 7.90. The maximum atomic E-state index is 12.7. The van der Waals surface area contributed by atoms with Crippen LogP contribution >= 0.6 is 0 Å². The van der Waals surface area contributed by atoms with Crippen LogP contribution in [0, 0.1) is 0 Å². The van der Waals surface area contributed by atoms with Crippen molar-refractivity contribution in [3.63, 3.8) is 0 Å². The number of amides is 2. The Hall–Kier alpha value is -2.42. The maximum absolute atomic E-state index is 12.7. The summed E-state index contributed by atoms with van der Waals surface area (Å²) in [5.41, 5.74) is 0.00665. The fourth-order valence-corrected chi connectivity index (χ4v) is 3.31. The second-order valence-corrected chi connectivity index (χ2v) is 7.33. The minimum atomic E-state index is -3.59. The van der Waals surface area contributed by atoms with E-state index in [-0.39, 0.29) is 17.0 Å². The highest BCUT2D eigenvalue weighted by Gasteiger charge is 2.33. The number of ether oxygens (including phenoxy) is 1. The van der Waals surface area contributed by atoms with Crippen LogP contribution in [-0.2, 0) is 24.2 Å². The first kappa shape index (κ1) is 17.9. The van der Waals surface area contributed by atoms with E-state index in [2.05, 4.69) is 4.74 Å². The number of carbonyl (C=O) groups excluding carboxylic acids is 3. The number of carbonyl (C=O) groups is 3. The standard InChI is InChI=1S/C15H18N2O6S/c1-11(18)23-10-14(19)16-8-5-9-17(16)15(20)12-6-3-4-7-13(12)24(2,21)22/h3-4,6-7H,5,8-10H2,1-2H3. The van der Waals surface area contributed by atoms with Gasteiger partial charge >= 0.3 is 5.97 Å². The lowest BCUT2D eigenvalue weighted by Crippen LogP contribution is -2.46. The van der Waals surface area contributed by atoms with Gasteiger partial charge in [0.15, 0.2) is 16.4 Å². The fraction of sp³-hybridized carbons (Fsp3) is 0.400. The summed E-state index contributed by atoms with van der Waals surface area (Å²) in [6, 6.07) is 5.85. The van der Waals surface area contributed by atoms with Crippen LogP contribution in [0.15, 0.2) is 29.2 Å². The Balaban J connectivity index is 2.26. The van der Waals surface area contributed by atoms with Crippen molar-refractivity contribution in [2.75, 3.05) is 26.0 Å². The zero-order valence-corrected chi connectivity index (χ0v) is 14.2. The van der Waals surface area contributed by atoms with E-state index in [9.17, 15) is 22.8 Å². The molecule has 1 saturated heterocycles. The van der Waals surface area contributed by atoms with Crippen molar-refractivity contribution in [1.82, 2.24) is 10.0 Å². The second kappa shape index (κ2) is 7.00. The zero-order chi connectivity index (χ0) is 17.9. The average Bonchev–Trinajstić information content (AvgIpc) is 3.00. The molecule has 1 aromatic rings. The van der Waals surface area contributed by atoms with Gasteiger partial charge in [0, 0.05) is 26.3 Å². The molecule has 130 valence electrons. The lowest BCUT2D eigenvalue weighted by Gasteiger charge is -2.28. The molecule has 1 aliphatic heterocycles. The summed E-state index contributed by atoms with van der Waals surface area (Å²) in [6.45, 7) is 1.30. The molecule has 0 saturated carbocycles. The highest BCUT2D eigenvalue weighted by atomic mass is 32.2. The van der Waals surface area contributed by atoms with E-state index in [0.29, 0.717) is 13.0 Å². The molecule has 0 aliphatic carbocycles. The third-order valence-corrected chi connectivity index (χ3v) is 4.62. The van der Waals surface area contributed by atoms with Crippen LogP contribution in [0.2, 0.25) is 0 Å². The van der Waals surface area contributed by atoms with Gasteiger partial charge in [0.2, 0.25) is 0 Å². The Bertz CT molecular complexity index is 774. The zero-order valence-electron chi connectivity index (χ0n) is 13.4. The van der Waals surface area contributed by atoms with Crippen LogP contribution < -0.4 is 0 Å². The van der Waals surface area contributed by atoms with E-state index in [1.807, 2.05) is 0 Å². The minimum Gasteiger partial charge on any atom is -0.456 e. The molecule has 2 rings (SSSR count). The molecule has 8 nitrogen and oxygen atoms in total. The Labute approximate surface area is 139 Å². The van der Waals surface area contributed by atoms with E-state index >= 15 is 0 Å². The van der Waals surface area contributed by atoms with Gasteiger partial charge in [-0.2, -0.15) is 0 Å². The molecule has 1 heterocycles. The predicted octanol–water partition coefficient (Wildman–Crippen LogP) is 0.243. The van der Waals surface area contributed by atoms with Gasteiger partial charge in [-0.1, -0.05) is 12.1 Å². The Morgan fingerprint density at radius 1 is 1.12 bits per heavy atom. The van der Waals surface area contributed by atoms with Crippen molar-refractivity contribution in [3.05, 3.63) is 29.8 Å². The largest absolute Gasteiger partial charge is 0.456 e. The summed E-state index contributed by atoms with van der Waals surface area (Å²) >= 11 is 0. The third-order valence-electron chi connectivity index (χ3n) is 3.47. The van der Waals surface area contributed by atoms with Crippen LogP contribution in [0.25, 0.3) is 0 Å². The van der Waals surface area contributed by atoms with E-state index < -0.39 is 34.2 Å². The van der Waals surface area contributed by atoms with Crippen molar-refractivity contribution in [2.45, 2.75) is 18.2 Å². The Morgan fingerprint density at radius 2 is 1.75 bits per heavy atom. The summed E-state index contributed by atoms with van der Waals surface area (Å²) in [7, 11) is -3.59. The first-order valence-electron chi connectivity index (χ1n) is 7.26. The minimum absolute atomic E-state index is 0.00665. The number of hydrazine groups is 1. The Kier molecular flexibility index (Phi) is 5.23. The van der Waals surface area contributed by atoms with Crippen LogP contribution in [-0.4, -0.2) is 62.2 Å². The molecular formula is C15H18N2O6S. The molecule has 0 radical (unpaired) electrons. The number of nitrogens with zero attached hydrogens (tertiary/aromatic N) is 2. The molecule has 0 atom stereocenters. The molecule has 0 aromatic heterocycles. The highest BCUT2D eigenvalue weighted by Crippen LogP contribution is 2.21. The molecule has 1 aromatic carbocycles. The van der Waals surface area contributed by atoms with Crippen molar-refractivity contribution >= 4 is 27.6 Å². The first-order valence-corrected chi connectivity index (χ1v) is 9.15. The van der Waals surface area contributed by atoms with Gasteiger partial charge < -0.3 is 4.74 Å². The van der Waals surface area contributed by atoms with Crippen molar-refractivity contribution in [3.8, 4) is 0 Å². The third kappa shape index (κ3) is 3.91. The number of hydrogen-bond donors (Lipinski definition) is 0. The molecular weight excluding hydrogens is 336 g/mol. The van der Waals surface area contributed by atoms with E-state index in [4.69, 9.17) is 0 Å².